The molecule has 1 N–H and O–H groups in total. The molecule has 0 radical (unpaired) electrons. The minimum atomic E-state index is 0.395. The number of nitrogens with zero attached hydrogens (tertiary/aromatic N) is 4. The highest BCUT2D eigenvalue weighted by Gasteiger charge is 2.11. The molecule has 0 unspecified atom stereocenters. The Morgan fingerprint density at radius 2 is 2.13 bits per heavy atom. The topological polar surface area (TPSA) is 70.3 Å². The zero-order chi connectivity index (χ0) is 15.8. The Kier molecular flexibility index (Phi) is 3.11. The number of nitriles is 1. The third-order valence-corrected chi connectivity index (χ3v) is 4.10. The van der Waals surface area contributed by atoms with Crippen molar-refractivity contribution in [3.05, 3.63) is 65.7 Å². The number of rotatable bonds is 2. The average Bonchev–Trinajstić information content (AvgIpc) is 3.24. The van der Waals surface area contributed by atoms with Crippen LogP contribution in [0.5, 0.6) is 0 Å². The lowest BCUT2D eigenvalue weighted by molar-refractivity contribution is 0.880. The fraction of sp³-hybridized carbons (Fsp3) is 0. The number of hydrogen-bond acceptors (Lipinski definition) is 3. The van der Waals surface area contributed by atoms with Gasteiger partial charge in [-0.3, -0.25) is 0 Å². The zero-order valence-electron chi connectivity index (χ0n) is 11.9. The van der Waals surface area contributed by atoms with E-state index in [0.717, 1.165) is 22.2 Å². The first-order valence-electron chi connectivity index (χ1n) is 6.94. The summed E-state index contributed by atoms with van der Waals surface area (Å²) < 4.78 is 1.68. The van der Waals surface area contributed by atoms with E-state index in [9.17, 15) is 0 Å². The average molecular weight is 320 g/mol. The van der Waals surface area contributed by atoms with Gasteiger partial charge in [0.05, 0.1) is 22.5 Å². The first-order valence-corrected chi connectivity index (χ1v) is 7.32. The second-order valence-electron chi connectivity index (χ2n) is 5.02. The van der Waals surface area contributed by atoms with Crippen molar-refractivity contribution < 1.29 is 0 Å². The van der Waals surface area contributed by atoms with Crippen molar-refractivity contribution in [3.8, 4) is 22.9 Å². The second-order valence-corrected chi connectivity index (χ2v) is 5.40. The summed E-state index contributed by atoms with van der Waals surface area (Å²) in [6.07, 6.45) is 7.29. The Hall–Kier alpha value is -3.10. The minimum absolute atomic E-state index is 0.395. The van der Waals surface area contributed by atoms with Crippen LogP contribution in [0.2, 0.25) is 5.02 Å². The molecule has 1 aromatic carbocycles. The summed E-state index contributed by atoms with van der Waals surface area (Å²) in [5.41, 5.74) is 3.93. The maximum Gasteiger partial charge on any atom is 0.137 e. The normalized spacial score (nSPS) is 10.8. The number of halogens is 1. The standard InChI is InChI=1S/C17H10ClN5/c18-16-11(8-19)2-1-3-15(16)23-10-12(9-22-23)13-4-6-20-17-14(13)5-7-21-17/h1-7,9-10H,(H,20,21). The molecule has 0 amide bonds. The van der Waals surface area contributed by atoms with Gasteiger partial charge in [0.2, 0.25) is 0 Å². The van der Waals surface area contributed by atoms with Crippen LogP contribution in [-0.4, -0.2) is 19.7 Å². The molecule has 6 heteroatoms. The molecule has 0 bridgehead atoms. The summed E-state index contributed by atoms with van der Waals surface area (Å²) in [4.78, 5) is 7.39. The smallest absolute Gasteiger partial charge is 0.137 e. The summed E-state index contributed by atoms with van der Waals surface area (Å²) in [7, 11) is 0. The lowest BCUT2D eigenvalue weighted by Crippen LogP contribution is -1.96. The molecule has 0 aliphatic heterocycles. The lowest BCUT2D eigenvalue weighted by Gasteiger charge is -2.05. The van der Waals surface area contributed by atoms with Gasteiger partial charge in [0, 0.05) is 29.5 Å². The van der Waals surface area contributed by atoms with Crippen LogP contribution in [0.3, 0.4) is 0 Å². The highest BCUT2D eigenvalue weighted by atomic mass is 35.5. The fourth-order valence-corrected chi connectivity index (χ4v) is 2.84. The van der Waals surface area contributed by atoms with Gasteiger partial charge in [-0.1, -0.05) is 17.7 Å². The molecule has 0 aliphatic rings. The molecule has 0 spiro atoms. The fourth-order valence-electron chi connectivity index (χ4n) is 2.59. The Morgan fingerprint density at radius 3 is 3.00 bits per heavy atom. The number of nitrogens with one attached hydrogen (secondary N) is 1. The van der Waals surface area contributed by atoms with Crippen LogP contribution in [0.4, 0.5) is 0 Å². The number of aromatic nitrogens is 4. The summed E-state index contributed by atoms with van der Waals surface area (Å²) in [5, 5.41) is 14.9. The van der Waals surface area contributed by atoms with Crippen molar-refractivity contribution >= 4 is 22.6 Å². The van der Waals surface area contributed by atoms with Crippen molar-refractivity contribution in [3.63, 3.8) is 0 Å². The minimum Gasteiger partial charge on any atom is -0.346 e. The third-order valence-electron chi connectivity index (χ3n) is 3.70. The number of H-pyrrole nitrogens is 1. The second kappa shape index (κ2) is 5.27. The van der Waals surface area contributed by atoms with E-state index in [4.69, 9.17) is 16.9 Å². The van der Waals surface area contributed by atoms with Crippen LogP contribution in [0.15, 0.2) is 55.1 Å². The number of aromatic amines is 1. The molecule has 0 aliphatic carbocycles. The van der Waals surface area contributed by atoms with Crippen LogP contribution >= 0.6 is 11.6 Å². The van der Waals surface area contributed by atoms with Gasteiger partial charge in [0.25, 0.3) is 0 Å². The van der Waals surface area contributed by atoms with E-state index in [1.54, 1.807) is 29.2 Å². The van der Waals surface area contributed by atoms with Gasteiger partial charge in [-0.05, 0) is 29.8 Å². The van der Waals surface area contributed by atoms with E-state index in [-0.39, 0.29) is 0 Å². The predicted octanol–water partition coefficient (Wildman–Crippen LogP) is 3.94. The molecule has 4 aromatic rings. The Balaban J connectivity index is 1.85. The van der Waals surface area contributed by atoms with E-state index in [1.165, 1.54) is 0 Å². The van der Waals surface area contributed by atoms with Crippen molar-refractivity contribution in [1.82, 2.24) is 19.7 Å². The highest BCUT2D eigenvalue weighted by molar-refractivity contribution is 6.33. The molecular weight excluding hydrogens is 310 g/mol. The van der Waals surface area contributed by atoms with E-state index >= 15 is 0 Å². The summed E-state index contributed by atoms with van der Waals surface area (Å²) in [6.45, 7) is 0. The van der Waals surface area contributed by atoms with Gasteiger partial charge < -0.3 is 4.98 Å². The predicted molar refractivity (Wildman–Crippen MR) is 88.4 cm³/mol. The van der Waals surface area contributed by atoms with Gasteiger partial charge in [-0.2, -0.15) is 10.4 Å². The first-order chi connectivity index (χ1) is 11.3. The van der Waals surface area contributed by atoms with Gasteiger partial charge in [0.15, 0.2) is 0 Å². The van der Waals surface area contributed by atoms with Crippen molar-refractivity contribution in [2.75, 3.05) is 0 Å². The molecule has 23 heavy (non-hydrogen) atoms. The molecule has 0 saturated heterocycles. The molecule has 0 atom stereocenters. The molecule has 5 nitrogen and oxygen atoms in total. The highest BCUT2D eigenvalue weighted by Crippen LogP contribution is 2.29. The van der Waals surface area contributed by atoms with Gasteiger partial charge in [-0.25, -0.2) is 9.67 Å². The molecular formula is C17H10ClN5. The maximum atomic E-state index is 9.09. The summed E-state index contributed by atoms with van der Waals surface area (Å²) >= 11 is 6.28. The Labute approximate surface area is 136 Å². The maximum absolute atomic E-state index is 9.09. The molecule has 0 saturated carbocycles. The molecule has 4 rings (SSSR count). The molecule has 3 aromatic heterocycles. The van der Waals surface area contributed by atoms with Crippen molar-refractivity contribution in [2.45, 2.75) is 0 Å². The lowest BCUT2D eigenvalue weighted by atomic mass is 10.1. The number of benzene rings is 1. The van der Waals surface area contributed by atoms with Crippen LogP contribution in [0.25, 0.3) is 27.8 Å². The van der Waals surface area contributed by atoms with Gasteiger partial charge >= 0.3 is 0 Å². The summed E-state index contributed by atoms with van der Waals surface area (Å²) in [5.74, 6) is 0. The Bertz CT molecular complexity index is 1050. The van der Waals surface area contributed by atoms with Crippen LogP contribution < -0.4 is 0 Å². The largest absolute Gasteiger partial charge is 0.346 e. The molecule has 3 heterocycles. The van der Waals surface area contributed by atoms with E-state index < -0.39 is 0 Å². The van der Waals surface area contributed by atoms with Gasteiger partial charge in [-0.15, -0.1) is 0 Å². The number of pyridine rings is 1. The van der Waals surface area contributed by atoms with Crippen LogP contribution in [0, 0.1) is 11.3 Å². The SMILES string of the molecule is N#Cc1cccc(-n2cc(-c3ccnc4[nH]ccc34)cn2)c1Cl. The van der Waals surface area contributed by atoms with Crippen LogP contribution in [-0.2, 0) is 0 Å². The Morgan fingerprint density at radius 1 is 1.22 bits per heavy atom. The number of fused-ring (bicyclic) bond motifs is 1. The number of hydrogen-bond donors (Lipinski definition) is 1. The van der Waals surface area contributed by atoms with Crippen molar-refractivity contribution in [1.29, 1.82) is 5.26 Å². The molecule has 0 fully saturated rings. The van der Waals surface area contributed by atoms with Gasteiger partial charge in [0.1, 0.15) is 11.7 Å². The molecule has 110 valence electrons. The summed E-state index contributed by atoms with van der Waals surface area (Å²) in [6, 6.07) is 11.3. The monoisotopic (exact) mass is 319 g/mol. The van der Waals surface area contributed by atoms with Crippen LogP contribution in [0.1, 0.15) is 5.56 Å². The van der Waals surface area contributed by atoms with Crippen molar-refractivity contribution in [2.24, 2.45) is 0 Å². The third kappa shape index (κ3) is 2.17. The van der Waals surface area contributed by atoms with E-state index in [0.29, 0.717) is 16.3 Å². The van der Waals surface area contributed by atoms with E-state index in [1.807, 2.05) is 30.6 Å². The zero-order valence-corrected chi connectivity index (χ0v) is 12.6. The van der Waals surface area contributed by atoms with E-state index in [2.05, 4.69) is 21.1 Å². The first kappa shape index (κ1) is 13.6. The quantitative estimate of drug-likeness (QED) is 0.608.